The second-order valence-electron chi connectivity index (χ2n) is 3.67. The molecule has 2 nitrogen and oxygen atoms in total. The van der Waals surface area contributed by atoms with E-state index >= 15 is 0 Å². The summed E-state index contributed by atoms with van der Waals surface area (Å²) < 4.78 is 0. The van der Waals surface area contributed by atoms with E-state index in [9.17, 15) is 9.90 Å². The first-order chi connectivity index (χ1) is 6.13. The van der Waals surface area contributed by atoms with Crippen molar-refractivity contribution < 1.29 is 9.90 Å². The summed E-state index contributed by atoms with van der Waals surface area (Å²) in [7, 11) is 0. The normalized spacial score (nSPS) is 15.4. The number of rotatable bonds is 7. The van der Waals surface area contributed by atoms with E-state index in [0.29, 0.717) is 6.42 Å². The van der Waals surface area contributed by atoms with Crippen LogP contribution < -0.4 is 0 Å². The smallest absolute Gasteiger partial charge is 0.138 e. The van der Waals surface area contributed by atoms with Gasteiger partial charge in [0.15, 0.2) is 0 Å². The number of hydrogen-bond acceptors (Lipinski definition) is 2. The zero-order chi connectivity index (χ0) is 10.3. The van der Waals surface area contributed by atoms with Gasteiger partial charge in [-0.05, 0) is 6.42 Å². The van der Waals surface area contributed by atoms with Gasteiger partial charge in [0.05, 0.1) is 6.10 Å². The van der Waals surface area contributed by atoms with E-state index in [1.807, 2.05) is 13.8 Å². The number of aliphatic hydroxyl groups excluding tert-OH is 1. The zero-order valence-electron chi connectivity index (χ0n) is 9.05. The highest BCUT2D eigenvalue weighted by Crippen LogP contribution is 2.13. The fraction of sp³-hybridized carbons (Fsp3) is 0.909. The Balaban J connectivity index is 3.68. The Morgan fingerprint density at radius 3 is 2.38 bits per heavy atom. The highest BCUT2D eigenvalue weighted by Gasteiger charge is 2.19. The zero-order valence-corrected chi connectivity index (χ0v) is 9.05. The Bertz CT molecular complexity index is 143. The predicted octanol–water partition coefficient (Wildman–Crippen LogP) is 2.54. The maximum Gasteiger partial charge on any atom is 0.138 e. The molecule has 13 heavy (non-hydrogen) atoms. The summed E-state index contributed by atoms with van der Waals surface area (Å²) in [5.74, 6) is -0.00847. The molecular weight excluding hydrogens is 164 g/mol. The van der Waals surface area contributed by atoms with E-state index in [-0.39, 0.29) is 11.7 Å². The van der Waals surface area contributed by atoms with Crippen molar-refractivity contribution in [3.8, 4) is 0 Å². The van der Waals surface area contributed by atoms with Gasteiger partial charge in [0.2, 0.25) is 0 Å². The molecule has 2 atom stereocenters. The quantitative estimate of drug-likeness (QED) is 0.620. The monoisotopic (exact) mass is 186 g/mol. The molecule has 78 valence electrons. The number of hydrogen-bond donors (Lipinski definition) is 1. The van der Waals surface area contributed by atoms with Gasteiger partial charge in [-0.2, -0.15) is 0 Å². The van der Waals surface area contributed by atoms with Crippen molar-refractivity contribution in [2.45, 2.75) is 59.0 Å². The molecule has 2 unspecified atom stereocenters. The van der Waals surface area contributed by atoms with Crippen LogP contribution in [-0.2, 0) is 4.79 Å². The standard InChI is InChI=1S/C11H22O2/c1-4-6-7-8-11(13)9(3)10(12)5-2/h9,11,13H,4-8H2,1-3H3. The van der Waals surface area contributed by atoms with Crippen molar-refractivity contribution >= 4 is 5.78 Å². The maximum absolute atomic E-state index is 11.2. The van der Waals surface area contributed by atoms with Gasteiger partial charge in [0, 0.05) is 12.3 Å². The molecule has 0 fully saturated rings. The molecule has 0 bridgehead atoms. The second-order valence-corrected chi connectivity index (χ2v) is 3.67. The van der Waals surface area contributed by atoms with E-state index in [1.54, 1.807) is 0 Å². The molecule has 0 saturated heterocycles. The van der Waals surface area contributed by atoms with Gasteiger partial charge in [0.1, 0.15) is 5.78 Å². The Labute approximate surface area is 81.3 Å². The molecule has 0 radical (unpaired) electrons. The molecular formula is C11H22O2. The van der Waals surface area contributed by atoms with Crippen molar-refractivity contribution in [1.29, 1.82) is 0 Å². The highest BCUT2D eigenvalue weighted by molar-refractivity contribution is 5.80. The van der Waals surface area contributed by atoms with Crippen LogP contribution in [0.4, 0.5) is 0 Å². The molecule has 1 N–H and O–H groups in total. The number of aliphatic hydroxyl groups is 1. The Morgan fingerprint density at radius 1 is 1.31 bits per heavy atom. The Kier molecular flexibility index (Phi) is 6.87. The second kappa shape index (κ2) is 7.07. The molecule has 0 saturated carbocycles. The van der Waals surface area contributed by atoms with Crippen molar-refractivity contribution in [3.63, 3.8) is 0 Å². The van der Waals surface area contributed by atoms with Crippen LogP contribution in [0.25, 0.3) is 0 Å². The third kappa shape index (κ3) is 5.04. The van der Waals surface area contributed by atoms with Gasteiger partial charge in [0.25, 0.3) is 0 Å². The lowest BCUT2D eigenvalue weighted by Crippen LogP contribution is -2.25. The Morgan fingerprint density at radius 2 is 1.92 bits per heavy atom. The molecule has 2 heteroatoms. The summed E-state index contributed by atoms with van der Waals surface area (Å²) >= 11 is 0. The highest BCUT2D eigenvalue weighted by atomic mass is 16.3. The van der Waals surface area contributed by atoms with E-state index in [1.165, 1.54) is 0 Å². The largest absolute Gasteiger partial charge is 0.392 e. The minimum atomic E-state index is -0.431. The van der Waals surface area contributed by atoms with E-state index < -0.39 is 6.10 Å². The molecule has 0 spiro atoms. The molecule has 0 rings (SSSR count). The number of Topliss-reactive ketones (excluding diaryl/α,β-unsaturated/α-hetero) is 1. The topological polar surface area (TPSA) is 37.3 Å². The van der Waals surface area contributed by atoms with Gasteiger partial charge in [-0.25, -0.2) is 0 Å². The van der Waals surface area contributed by atoms with Crippen LogP contribution in [0.15, 0.2) is 0 Å². The molecule has 0 amide bonds. The lowest BCUT2D eigenvalue weighted by Gasteiger charge is -2.16. The van der Waals surface area contributed by atoms with Crippen molar-refractivity contribution in [1.82, 2.24) is 0 Å². The van der Waals surface area contributed by atoms with Gasteiger partial charge in [-0.15, -0.1) is 0 Å². The number of carbonyl (C=O) groups excluding carboxylic acids is 1. The summed E-state index contributed by atoms with van der Waals surface area (Å²) in [4.78, 5) is 11.2. The fourth-order valence-electron chi connectivity index (χ4n) is 1.39. The number of ketones is 1. The molecule has 0 heterocycles. The van der Waals surface area contributed by atoms with E-state index in [4.69, 9.17) is 0 Å². The van der Waals surface area contributed by atoms with E-state index in [0.717, 1.165) is 25.7 Å². The summed E-state index contributed by atoms with van der Waals surface area (Å²) in [5, 5.41) is 9.63. The fourth-order valence-corrected chi connectivity index (χ4v) is 1.39. The summed E-state index contributed by atoms with van der Waals surface area (Å²) in [5.41, 5.74) is 0. The number of carbonyl (C=O) groups is 1. The average molecular weight is 186 g/mol. The average Bonchev–Trinajstić information content (AvgIpc) is 2.15. The van der Waals surface area contributed by atoms with Crippen LogP contribution in [0.2, 0.25) is 0 Å². The minimum absolute atomic E-state index is 0.170. The molecule has 0 aliphatic carbocycles. The van der Waals surface area contributed by atoms with Gasteiger partial charge in [-0.3, -0.25) is 4.79 Å². The molecule has 0 aromatic rings. The van der Waals surface area contributed by atoms with Crippen molar-refractivity contribution in [2.24, 2.45) is 5.92 Å². The first-order valence-electron chi connectivity index (χ1n) is 5.34. The number of unbranched alkanes of at least 4 members (excludes halogenated alkanes) is 2. The third-order valence-electron chi connectivity index (χ3n) is 2.54. The molecule has 0 aliphatic heterocycles. The van der Waals surface area contributed by atoms with Crippen molar-refractivity contribution in [2.75, 3.05) is 0 Å². The van der Waals surface area contributed by atoms with Crippen LogP contribution in [0.3, 0.4) is 0 Å². The molecule has 0 aromatic heterocycles. The first kappa shape index (κ1) is 12.6. The van der Waals surface area contributed by atoms with Crippen molar-refractivity contribution in [3.05, 3.63) is 0 Å². The molecule has 0 aromatic carbocycles. The summed E-state index contributed by atoms with van der Waals surface area (Å²) in [6.07, 6.45) is 4.19. The Hall–Kier alpha value is -0.370. The summed E-state index contributed by atoms with van der Waals surface area (Å²) in [6.45, 7) is 5.80. The third-order valence-corrected chi connectivity index (χ3v) is 2.54. The van der Waals surface area contributed by atoms with Gasteiger partial charge >= 0.3 is 0 Å². The first-order valence-corrected chi connectivity index (χ1v) is 5.34. The van der Waals surface area contributed by atoms with Crippen LogP contribution in [-0.4, -0.2) is 17.0 Å². The lowest BCUT2D eigenvalue weighted by molar-refractivity contribution is -0.125. The molecule has 0 aliphatic rings. The minimum Gasteiger partial charge on any atom is -0.392 e. The van der Waals surface area contributed by atoms with E-state index in [2.05, 4.69) is 6.92 Å². The van der Waals surface area contributed by atoms with Crippen LogP contribution in [0.1, 0.15) is 52.9 Å². The van der Waals surface area contributed by atoms with Gasteiger partial charge in [-0.1, -0.05) is 40.0 Å². The summed E-state index contributed by atoms with van der Waals surface area (Å²) in [6, 6.07) is 0. The predicted molar refractivity (Wildman–Crippen MR) is 54.6 cm³/mol. The SMILES string of the molecule is CCCCCC(O)C(C)C(=O)CC. The van der Waals surface area contributed by atoms with Crippen LogP contribution in [0.5, 0.6) is 0 Å². The van der Waals surface area contributed by atoms with Gasteiger partial charge < -0.3 is 5.11 Å². The lowest BCUT2D eigenvalue weighted by atomic mass is 9.94. The van der Waals surface area contributed by atoms with Crippen LogP contribution in [0, 0.1) is 5.92 Å². The maximum atomic E-state index is 11.2. The van der Waals surface area contributed by atoms with Crippen LogP contribution >= 0.6 is 0 Å².